The first-order valence-electron chi connectivity index (χ1n) is 5.86. The molecule has 0 radical (unpaired) electrons. The van der Waals surface area contributed by atoms with Crippen LogP contribution in [0.15, 0.2) is 23.0 Å². The summed E-state index contributed by atoms with van der Waals surface area (Å²) in [5.41, 5.74) is 0.270. The summed E-state index contributed by atoms with van der Waals surface area (Å²) in [7, 11) is 1.55. The second kappa shape index (κ2) is 5.09. The third kappa shape index (κ3) is 2.42. The highest BCUT2D eigenvalue weighted by Gasteiger charge is 2.12. The summed E-state index contributed by atoms with van der Waals surface area (Å²) in [6.45, 7) is 1.46. The average molecular weight is 262 g/mol. The molecule has 19 heavy (non-hydrogen) atoms. The Hall–Kier alpha value is -2.37. The van der Waals surface area contributed by atoms with Gasteiger partial charge in [-0.2, -0.15) is 5.10 Å². The lowest BCUT2D eigenvalue weighted by Crippen LogP contribution is -2.27. The Labute approximate surface area is 109 Å². The second-order valence-corrected chi connectivity index (χ2v) is 4.07. The Morgan fingerprint density at radius 2 is 2.16 bits per heavy atom. The molecule has 0 bridgehead atoms. The minimum Gasteiger partial charge on any atom is -0.497 e. The van der Waals surface area contributed by atoms with E-state index in [9.17, 15) is 9.59 Å². The SMILES string of the molecule is CCc1nn(CC(=O)O)c(=O)c2ccc(OC)cc12. The summed E-state index contributed by atoms with van der Waals surface area (Å²) in [6, 6.07) is 5.05. The summed E-state index contributed by atoms with van der Waals surface area (Å²) in [5.74, 6) is -0.455. The van der Waals surface area contributed by atoms with Crippen molar-refractivity contribution < 1.29 is 14.6 Å². The van der Waals surface area contributed by atoms with E-state index in [1.807, 2.05) is 6.92 Å². The number of fused-ring (bicyclic) bond motifs is 1. The van der Waals surface area contributed by atoms with Crippen LogP contribution < -0.4 is 10.3 Å². The van der Waals surface area contributed by atoms with Crippen molar-refractivity contribution in [2.75, 3.05) is 7.11 Å². The normalized spacial score (nSPS) is 10.6. The van der Waals surface area contributed by atoms with Crippen LogP contribution in [0.4, 0.5) is 0 Å². The average Bonchev–Trinajstić information content (AvgIpc) is 2.40. The number of carboxylic acid groups (broad SMARTS) is 1. The number of hydrogen-bond donors (Lipinski definition) is 1. The molecule has 0 aliphatic heterocycles. The largest absolute Gasteiger partial charge is 0.497 e. The molecule has 2 rings (SSSR count). The zero-order chi connectivity index (χ0) is 14.0. The van der Waals surface area contributed by atoms with Crippen LogP contribution in [0, 0.1) is 0 Å². The zero-order valence-electron chi connectivity index (χ0n) is 10.7. The molecule has 1 heterocycles. The molecule has 1 aromatic carbocycles. The van der Waals surface area contributed by atoms with Gasteiger partial charge in [-0.1, -0.05) is 6.92 Å². The Balaban J connectivity index is 2.75. The molecule has 0 amide bonds. The van der Waals surface area contributed by atoms with Gasteiger partial charge < -0.3 is 9.84 Å². The maximum atomic E-state index is 12.1. The van der Waals surface area contributed by atoms with Crippen LogP contribution in [0.3, 0.4) is 0 Å². The fourth-order valence-electron chi connectivity index (χ4n) is 1.96. The number of aromatic nitrogens is 2. The third-order valence-corrected chi connectivity index (χ3v) is 2.86. The highest BCUT2D eigenvalue weighted by atomic mass is 16.5. The van der Waals surface area contributed by atoms with E-state index in [1.54, 1.807) is 25.3 Å². The van der Waals surface area contributed by atoms with Crippen LogP contribution >= 0.6 is 0 Å². The molecule has 100 valence electrons. The van der Waals surface area contributed by atoms with Gasteiger partial charge in [0.15, 0.2) is 0 Å². The van der Waals surface area contributed by atoms with Crippen molar-refractivity contribution in [3.8, 4) is 5.75 Å². The van der Waals surface area contributed by atoms with Gasteiger partial charge in [0.2, 0.25) is 0 Å². The van der Waals surface area contributed by atoms with Gasteiger partial charge in [0.1, 0.15) is 12.3 Å². The summed E-state index contributed by atoms with van der Waals surface area (Å²) >= 11 is 0. The predicted octanol–water partition coefficient (Wildman–Crippen LogP) is 1.05. The van der Waals surface area contributed by atoms with Gasteiger partial charge >= 0.3 is 5.97 Å². The van der Waals surface area contributed by atoms with Crippen molar-refractivity contribution >= 4 is 16.7 Å². The molecule has 2 aromatic rings. The lowest BCUT2D eigenvalue weighted by molar-refractivity contribution is -0.138. The first-order chi connectivity index (χ1) is 9.06. The minimum absolute atomic E-state index is 0.405. The topological polar surface area (TPSA) is 81.4 Å². The van der Waals surface area contributed by atoms with Crippen LogP contribution in [0.5, 0.6) is 5.75 Å². The lowest BCUT2D eigenvalue weighted by Gasteiger charge is -2.09. The predicted molar refractivity (Wildman–Crippen MR) is 69.6 cm³/mol. The number of aryl methyl sites for hydroxylation is 1. The number of rotatable bonds is 4. The van der Waals surface area contributed by atoms with E-state index in [1.165, 1.54) is 0 Å². The van der Waals surface area contributed by atoms with Gasteiger partial charge in [-0.05, 0) is 24.6 Å². The Bertz CT molecular complexity index is 691. The van der Waals surface area contributed by atoms with Crippen molar-refractivity contribution in [3.05, 3.63) is 34.2 Å². The van der Waals surface area contributed by atoms with Gasteiger partial charge in [-0.15, -0.1) is 0 Å². The number of methoxy groups -OCH3 is 1. The van der Waals surface area contributed by atoms with E-state index < -0.39 is 18.1 Å². The van der Waals surface area contributed by atoms with Crippen LogP contribution in [-0.2, 0) is 17.8 Å². The fourth-order valence-corrected chi connectivity index (χ4v) is 1.96. The van der Waals surface area contributed by atoms with Crippen LogP contribution in [0.1, 0.15) is 12.6 Å². The van der Waals surface area contributed by atoms with E-state index in [-0.39, 0.29) is 0 Å². The van der Waals surface area contributed by atoms with Crippen molar-refractivity contribution in [1.82, 2.24) is 9.78 Å². The van der Waals surface area contributed by atoms with E-state index in [2.05, 4.69) is 5.10 Å². The Morgan fingerprint density at radius 3 is 2.74 bits per heavy atom. The first kappa shape index (κ1) is 13.1. The van der Waals surface area contributed by atoms with E-state index in [0.29, 0.717) is 28.6 Å². The highest BCUT2D eigenvalue weighted by molar-refractivity contribution is 5.85. The van der Waals surface area contributed by atoms with Crippen molar-refractivity contribution in [2.45, 2.75) is 19.9 Å². The smallest absolute Gasteiger partial charge is 0.325 e. The summed E-state index contributed by atoms with van der Waals surface area (Å²) in [5, 5.41) is 14.0. The van der Waals surface area contributed by atoms with Crippen molar-refractivity contribution in [1.29, 1.82) is 0 Å². The quantitative estimate of drug-likeness (QED) is 0.890. The molecule has 1 N–H and O–H groups in total. The maximum absolute atomic E-state index is 12.1. The molecule has 6 heteroatoms. The van der Waals surface area contributed by atoms with Crippen LogP contribution in [-0.4, -0.2) is 28.0 Å². The number of ether oxygens (including phenoxy) is 1. The number of nitrogens with zero attached hydrogens (tertiary/aromatic N) is 2. The monoisotopic (exact) mass is 262 g/mol. The van der Waals surface area contributed by atoms with E-state index in [4.69, 9.17) is 9.84 Å². The number of benzene rings is 1. The van der Waals surface area contributed by atoms with Gasteiger partial charge in [0.25, 0.3) is 5.56 Å². The molecule has 0 spiro atoms. The van der Waals surface area contributed by atoms with E-state index in [0.717, 1.165) is 4.68 Å². The van der Waals surface area contributed by atoms with Gasteiger partial charge in [0.05, 0.1) is 18.2 Å². The minimum atomic E-state index is -1.09. The van der Waals surface area contributed by atoms with Crippen LogP contribution in [0.25, 0.3) is 10.8 Å². The lowest BCUT2D eigenvalue weighted by atomic mass is 10.1. The third-order valence-electron chi connectivity index (χ3n) is 2.86. The maximum Gasteiger partial charge on any atom is 0.325 e. The molecular weight excluding hydrogens is 248 g/mol. The van der Waals surface area contributed by atoms with Crippen molar-refractivity contribution in [2.24, 2.45) is 0 Å². The van der Waals surface area contributed by atoms with Gasteiger partial charge in [-0.3, -0.25) is 9.59 Å². The van der Waals surface area contributed by atoms with Gasteiger partial charge in [0, 0.05) is 5.39 Å². The first-order valence-corrected chi connectivity index (χ1v) is 5.86. The molecule has 1 aromatic heterocycles. The molecule has 0 atom stereocenters. The Kier molecular flexibility index (Phi) is 3.50. The molecule has 0 unspecified atom stereocenters. The molecule has 0 aliphatic rings. The zero-order valence-corrected chi connectivity index (χ0v) is 10.7. The number of hydrogen-bond acceptors (Lipinski definition) is 4. The molecule has 0 saturated carbocycles. The molecule has 0 fully saturated rings. The molecule has 6 nitrogen and oxygen atoms in total. The van der Waals surface area contributed by atoms with E-state index >= 15 is 0 Å². The van der Waals surface area contributed by atoms with Crippen molar-refractivity contribution in [3.63, 3.8) is 0 Å². The second-order valence-electron chi connectivity index (χ2n) is 4.07. The standard InChI is InChI=1S/C13H14N2O4/c1-3-11-10-6-8(19-2)4-5-9(10)13(18)15(14-11)7-12(16)17/h4-6H,3,7H2,1-2H3,(H,16,17). The summed E-state index contributed by atoms with van der Waals surface area (Å²) < 4.78 is 6.11. The molecule has 0 aliphatic carbocycles. The summed E-state index contributed by atoms with van der Waals surface area (Å²) in [6.07, 6.45) is 0.601. The van der Waals surface area contributed by atoms with Crippen LogP contribution in [0.2, 0.25) is 0 Å². The number of carbonyl (C=O) groups is 1. The Morgan fingerprint density at radius 1 is 1.42 bits per heavy atom. The highest BCUT2D eigenvalue weighted by Crippen LogP contribution is 2.20. The number of aliphatic carboxylic acids is 1. The summed E-state index contributed by atoms with van der Waals surface area (Å²) in [4.78, 5) is 22.9. The molecular formula is C13H14N2O4. The van der Waals surface area contributed by atoms with Gasteiger partial charge in [-0.25, -0.2) is 4.68 Å². The number of carboxylic acids is 1. The fraction of sp³-hybridized carbons (Fsp3) is 0.308. The molecule has 0 saturated heterocycles.